The topological polar surface area (TPSA) is 50.2 Å². The summed E-state index contributed by atoms with van der Waals surface area (Å²) in [6, 6.07) is 8.13. The maximum absolute atomic E-state index is 12.4. The number of para-hydroxylation sites is 1. The van der Waals surface area contributed by atoms with E-state index in [1.165, 1.54) is 0 Å². The number of carbonyl (C=O) groups is 1. The Morgan fingerprint density at radius 3 is 2.96 bits per heavy atom. The smallest absolute Gasteiger partial charge is 0.224 e. The Labute approximate surface area is 137 Å². The van der Waals surface area contributed by atoms with E-state index in [1.807, 2.05) is 25.3 Å². The fraction of sp³-hybridized carbons (Fsp3) is 0.444. The zero-order valence-electron chi connectivity index (χ0n) is 13.8. The molecular formula is C18H24N4O. The van der Waals surface area contributed by atoms with E-state index in [0.717, 1.165) is 43.0 Å². The Kier molecular flexibility index (Phi) is 4.76. The third-order valence-electron chi connectivity index (χ3n) is 4.53. The van der Waals surface area contributed by atoms with Crippen LogP contribution in [0.15, 0.2) is 36.7 Å². The molecule has 5 heteroatoms. The molecule has 0 radical (unpaired) electrons. The van der Waals surface area contributed by atoms with Gasteiger partial charge in [-0.25, -0.2) is 4.98 Å². The first-order valence-corrected chi connectivity index (χ1v) is 8.19. The minimum absolute atomic E-state index is 0.107. The average molecular weight is 312 g/mol. The molecule has 0 saturated carbocycles. The first-order valence-electron chi connectivity index (χ1n) is 8.19. The van der Waals surface area contributed by atoms with Crippen molar-refractivity contribution in [2.45, 2.75) is 26.3 Å². The summed E-state index contributed by atoms with van der Waals surface area (Å²) in [6.45, 7) is 4.47. The Bertz CT molecular complexity index is 679. The summed E-state index contributed by atoms with van der Waals surface area (Å²) in [5.74, 6) is 1.21. The molecule has 1 N–H and O–H groups in total. The van der Waals surface area contributed by atoms with Crippen molar-refractivity contribution in [3.05, 3.63) is 48.0 Å². The Hall–Kier alpha value is -2.14. The minimum atomic E-state index is 0.107. The van der Waals surface area contributed by atoms with Gasteiger partial charge >= 0.3 is 0 Å². The van der Waals surface area contributed by atoms with Crippen molar-refractivity contribution >= 4 is 5.91 Å². The van der Waals surface area contributed by atoms with E-state index in [-0.39, 0.29) is 11.8 Å². The van der Waals surface area contributed by atoms with E-state index in [2.05, 4.69) is 38.9 Å². The molecule has 2 heterocycles. The molecule has 2 aromatic rings. The monoisotopic (exact) mass is 312 g/mol. The molecule has 1 aromatic carbocycles. The highest BCUT2D eigenvalue weighted by Gasteiger charge is 2.23. The number of piperidine rings is 1. The van der Waals surface area contributed by atoms with Crippen molar-refractivity contribution in [1.29, 1.82) is 0 Å². The minimum Gasteiger partial charge on any atom is -0.352 e. The third kappa shape index (κ3) is 3.62. The molecule has 1 aliphatic heterocycles. The maximum atomic E-state index is 12.4. The van der Waals surface area contributed by atoms with E-state index < -0.39 is 0 Å². The molecule has 0 aliphatic carbocycles. The molecule has 0 spiro atoms. The summed E-state index contributed by atoms with van der Waals surface area (Å²) in [5, 5.41) is 3.11. The standard InChI is InChI=1S/C18H24N4O/c1-14-19-9-11-22(14)17-8-4-3-6-15(17)12-20-18(23)16-7-5-10-21(2)13-16/h3-4,6,8-9,11,16H,5,7,10,12-13H2,1-2H3,(H,20,23). The van der Waals surface area contributed by atoms with Gasteiger partial charge in [0, 0.05) is 25.5 Å². The largest absolute Gasteiger partial charge is 0.352 e. The van der Waals surface area contributed by atoms with Crippen molar-refractivity contribution in [3.63, 3.8) is 0 Å². The number of nitrogens with one attached hydrogen (secondary N) is 1. The second-order valence-electron chi connectivity index (χ2n) is 6.29. The lowest BCUT2D eigenvalue weighted by Crippen LogP contribution is -2.41. The van der Waals surface area contributed by atoms with Crippen LogP contribution in [0.4, 0.5) is 0 Å². The summed E-state index contributed by atoms with van der Waals surface area (Å²) in [7, 11) is 2.08. The molecule has 1 unspecified atom stereocenters. The van der Waals surface area contributed by atoms with Crippen LogP contribution in [0.25, 0.3) is 5.69 Å². The van der Waals surface area contributed by atoms with Crippen LogP contribution in [0.1, 0.15) is 24.2 Å². The van der Waals surface area contributed by atoms with Crippen molar-refractivity contribution in [2.24, 2.45) is 5.92 Å². The van der Waals surface area contributed by atoms with Crippen molar-refractivity contribution in [1.82, 2.24) is 19.8 Å². The lowest BCUT2D eigenvalue weighted by Gasteiger charge is -2.28. The fourth-order valence-electron chi connectivity index (χ4n) is 3.23. The van der Waals surface area contributed by atoms with Crippen LogP contribution in [-0.4, -0.2) is 40.5 Å². The van der Waals surface area contributed by atoms with E-state index in [4.69, 9.17) is 0 Å². The number of hydrogen-bond donors (Lipinski definition) is 1. The van der Waals surface area contributed by atoms with Gasteiger partial charge in [-0.2, -0.15) is 0 Å². The second kappa shape index (κ2) is 6.96. The van der Waals surface area contributed by atoms with Gasteiger partial charge in [-0.05, 0) is 45.0 Å². The maximum Gasteiger partial charge on any atom is 0.224 e. The number of amides is 1. The van der Waals surface area contributed by atoms with Crippen molar-refractivity contribution < 1.29 is 4.79 Å². The second-order valence-corrected chi connectivity index (χ2v) is 6.29. The van der Waals surface area contributed by atoms with Gasteiger partial charge in [0.15, 0.2) is 0 Å². The van der Waals surface area contributed by atoms with Gasteiger partial charge in [-0.3, -0.25) is 4.79 Å². The number of aromatic nitrogens is 2. The molecule has 23 heavy (non-hydrogen) atoms. The molecule has 1 atom stereocenters. The summed E-state index contributed by atoms with van der Waals surface area (Å²) in [5.41, 5.74) is 2.18. The molecule has 122 valence electrons. The number of aryl methyl sites for hydroxylation is 1. The van der Waals surface area contributed by atoms with Gasteiger partial charge in [-0.1, -0.05) is 18.2 Å². The Morgan fingerprint density at radius 1 is 1.39 bits per heavy atom. The number of likely N-dealkylation sites (tertiary alicyclic amines) is 1. The summed E-state index contributed by atoms with van der Waals surface area (Å²) >= 11 is 0. The zero-order chi connectivity index (χ0) is 16.2. The van der Waals surface area contributed by atoms with Gasteiger partial charge in [0.25, 0.3) is 0 Å². The van der Waals surface area contributed by atoms with Crippen LogP contribution >= 0.6 is 0 Å². The van der Waals surface area contributed by atoms with Crippen molar-refractivity contribution in [3.8, 4) is 5.69 Å². The van der Waals surface area contributed by atoms with E-state index in [0.29, 0.717) is 6.54 Å². The normalized spacial score (nSPS) is 18.8. The van der Waals surface area contributed by atoms with Gasteiger partial charge in [0.2, 0.25) is 5.91 Å². The number of hydrogen-bond acceptors (Lipinski definition) is 3. The van der Waals surface area contributed by atoms with Gasteiger partial charge < -0.3 is 14.8 Å². The molecule has 3 rings (SSSR count). The fourth-order valence-corrected chi connectivity index (χ4v) is 3.23. The number of rotatable bonds is 4. The zero-order valence-corrected chi connectivity index (χ0v) is 13.8. The average Bonchev–Trinajstić information content (AvgIpc) is 2.99. The first kappa shape index (κ1) is 15.7. The molecule has 1 aromatic heterocycles. The van der Waals surface area contributed by atoms with E-state index in [1.54, 1.807) is 6.20 Å². The highest BCUT2D eigenvalue weighted by Crippen LogP contribution is 2.18. The SMILES string of the molecule is Cc1nccn1-c1ccccc1CNC(=O)C1CCCN(C)C1. The molecule has 0 bridgehead atoms. The quantitative estimate of drug-likeness (QED) is 0.941. The van der Waals surface area contributed by atoms with Crippen molar-refractivity contribution in [2.75, 3.05) is 20.1 Å². The molecule has 1 aliphatic rings. The number of carbonyl (C=O) groups excluding carboxylic acids is 1. The summed E-state index contributed by atoms with van der Waals surface area (Å²) in [6.07, 6.45) is 5.83. The molecular weight excluding hydrogens is 288 g/mol. The van der Waals surface area contributed by atoms with Crippen LogP contribution in [0.5, 0.6) is 0 Å². The first-order chi connectivity index (χ1) is 11.1. The third-order valence-corrected chi connectivity index (χ3v) is 4.53. The van der Waals surface area contributed by atoms with Crippen LogP contribution in [0, 0.1) is 12.8 Å². The molecule has 5 nitrogen and oxygen atoms in total. The predicted octanol–water partition coefficient (Wildman–Crippen LogP) is 2.14. The van der Waals surface area contributed by atoms with E-state index >= 15 is 0 Å². The molecule has 1 fully saturated rings. The number of nitrogens with zero attached hydrogens (tertiary/aromatic N) is 3. The Balaban J connectivity index is 1.69. The van der Waals surface area contributed by atoms with E-state index in [9.17, 15) is 4.79 Å². The van der Waals surface area contributed by atoms with Crippen LogP contribution in [0.3, 0.4) is 0 Å². The highest BCUT2D eigenvalue weighted by atomic mass is 16.1. The van der Waals surface area contributed by atoms with Gasteiger partial charge in [-0.15, -0.1) is 0 Å². The number of imidazole rings is 1. The van der Waals surface area contributed by atoms with Gasteiger partial charge in [0.1, 0.15) is 5.82 Å². The predicted molar refractivity (Wildman–Crippen MR) is 90.4 cm³/mol. The van der Waals surface area contributed by atoms with Crippen LogP contribution < -0.4 is 5.32 Å². The van der Waals surface area contributed by atoms with Gasteiger partial charge in [0.05, 0.1) is 11.6 Å². The van der Waals surface area contributed by atoms with Crippen LogP contribution in [-0.2, 0) is 11.3 Å². The number of benzene rings is 1. The lowest BCUT2D eigenvalue weighted by atomic mass is 9.97. The van der Waals surface area contributed by atoms with Crippen LogP contribution in [0.2, 0.25) is 0 Å². The summed E-state index contributed by atoms with van der Waals surface area (Å²) < 4.78 is 2.05. The summed E-state index contributed by atoms with van der Waals surface area (Å²) in [4.78, 5) is 18.9. The Morgan fingerprint density at radius 2 is 2.22 bits per heavy atom. The highest BCUT2D eigenvalue weighted by molar-refractivity contribution is 5.79. The molecule has 1 amide bonds. The molecule has 1 saturated heterocycles. The lowest BCUT2D eigenvalue weighted by molar-refractivity contribution is -0.126.